The van der Waals surface area contributed by atoms with Gasteiger partial charge in [-0.3, -0.25) is 4.79 Å². The van der Waals surface area contributed by atoms with Crippen LogP contribution in [0.4, 0.5) is 19.1 Å². The van der Waals surface area contributed by atoms with E-state index < -0.39 is 11.7 Å². The molecular weight excluding hydrogens is 397 g/mol. The van der Waals surface area contributed by atoms with Crippen LogP contribution in [0.15, 0.2) is 36.7 Å². The number of halogens is 3. The number of carbonyl (C=O) groups excluding carboxylic acids is 1. The SMILES string of the molecule is CNC(=O)[C@@H]1CNC[C@H](Nc2ncc(C(F)(F)F)c(-c3c[nH]c4ccccc34)n2)C1. The third-order valence-corrected chi connectivity index (χ3v) is 5.24. The second-order valence-electron chi connectivity index (χ2n) is 7.25. The number of H-pyrrole nitrogens is 1. The predicted molar refractivity (Wildman–Crippen MR) is 107 cm³/mol. The molecule has 1 aliphatic heterocycles. The molecule has 0 unspecified atom stereocenters. The van der Waals surface area contributed by atoms with Crippen molar-refractivity contribution in [1.29, 1.82) is 0 Å². The molecule has 2 aromatic heterocycles. The Morgan fingerprint density at radius 1 is 1.23 bits per heavy atom. The van der Waals surface area contributed by atoms with E-state index in [0.717, 1.165) is 11.7 Å². The lowest BCUT2D eigenvalue weighted by Crippen LogP contribution is -2.48. The predicted octanol–water partition coefficient (Wildman–Crippen LogP) is 2.78. The fraction of sp³-hybridized carbons (Fsp3) is 0.350. The number of fused-ring (bicyclic) bond motifs is 1. The molecule has 0 spiro atoms. The van der Waals surface area contributed by atoms with Gasteiger partial charge in [-0.25, -0.2) is 9.97 Å². The summed E-state index contributed by atoms with van der Waals surface area (Å²) in [5, 5.41) is 9.50. The maximum Gasteiger partial charge on any atom is 0.419 e. The number of benzene rings is 1. The van der Waals surface area contributed by atoms with E-state index in [1.54, 1.807) is 31.3 Å². The Balaban J connectivity index is 1.68. The normalized spacial score (nSPS) is 19.6. The van der Waals surface area contributed by atoms with Crippen molar-refractivity contribution in [3.05, 3.63) is 42.2 Å². The zero-order valence-electron chi connectivity index (χ0n) is 16.2. The number of amides is 1. The first-order chi connectivity index (χ1) is 14.4. The van der Waals surface area contributed by atoms with E-state index in [4.69, 9.17) is 0 Å². The Bertz CT molecular complexity index is 1060. The Hall–Kier alpha value is -3.14. The van der Waals surface area contributed by atoms with E-state index in [1.165, 1.54) is 6.20 Å². The molecule has 1 aliphatic rings. The van der Waals surface area contributed by atoms with Crippen molar-refractivity contribution in [2.45, 2.75) is 18.6 Å². The van der Waals surface area contributed by atoms with Crippen LogP contribution in [-0.2, 0) is 11.0 Å². The number of piperidine rings is 1. The van der Waals surface area contributed by atoms with E-state index in [1.807, 2.05) is 0 Å². The number of aromatic amines is 1. The molecule has 30 heavy (non-hydrogen) atoms. The summed E-state index contributed by atoms with van der Waals surface area (Å²) in [5.74, 6) is -0.224. The topological polar surface area (TPSA) is 94.7 Å². The third-order valence-electron chi connectivity index (χ3n) is 5.24. The van der Waals surface area contributed by atoms with Gasteiger partial charge in [0.25, 0.3) is 0 Å². The van der Waals surface area contributed by atoms with Gasteiger partial charge in [-0.1, -0.05) is 18.2 Å². The summed E-state index contributed by atoms with van der Waals surface area (Å²) >= 11 is 0. The summed E-state index contributed by atoms with van der Waals surface area (Å²) in [7, 11) is 1.58. The fourth-order valence-electron chi connectivity index (χ4n) is 3.77. The highest BCUT2D eigenvalue weighted by atomic mass is 19.4. The Labute approximate surface area is 170 Å². The standard InChI is InChI=1S/C20H21F3N6O/c1-24-18(30)11-6-12(8-25-7-11)28-19-27-10-15(20(21,22)23)17(29-19)14-9-26-16-5-3-2-4-13(14)16/h2-5,9-12,25-26H,6-8H2,1H3,(H,24,30)(H,27,28,29)/t11-,12+/m0/s1. The number of nitrogens with zero attached hydrogens (tertiary/aromatic N) is 2. The van der Waals surface area contributed by atoms with Gasteiger partial charge in [-0.05, 0) is 12.5 Å². The molecule has 3 aromatic rings. The van der Waals surface area contributed by atoms with Crippen LogP contribution in [0.3, 0.4) is 0 Å². The van der Waals surface area contributed by atoms with E-state index in [9.17, 15) is 18.0 Å². The van der Waals surface area contributed by atoms with Crippen LogP contribution in [0.2, 0.25) is 0 Å². The molecule has 4 rings (SSSR count). The van der Waals surface area contributed by atoms with E-state index >= 15 is 0 Å². The lowest BCUT2D eigenvalue weighted by molar-refractivity contribution is -0.137. The number of aromatic nitrogens is 3. The molecule has 10 heteroatoms. The molecule has 1 saturated heterocycles. The number of hydrogen-bond acceptors (Lipinski definition) is 5. The van der Waals surface area contributed by atoms with Gasteiger partial charge in [0.15, 0.2) is 0 Å². The van der Waals surface area contributed by atoms with Crippen molar-refractivity contribution >= 4 is 22.8 Å². The van der Waals surface area contributed by atoms with Crippen molar-refractivity contribution in [3.63, 3.8) is 0 Å². The van der Waals surface area contributed by atoms with Gasteiger partial charge in [0, 0.05) is 55.0 Å². The number of para-hydroxylation sites is 1. The molecule has 0 bridgehead atoms. The first kappa shape index (κ1) is 20.1. The van der Waals surface area contributed by atoms with Gasteiger partial charge < -0.3 is 20.9 Å². The highest BCUT2D eigenvalue weighted by Crippen LogP contribution is 2.38. The van der Waals surface area contributed by atoms with Crippen molar-refractivity contribution in [2.75, 3.05) is 25.5 Å². The van der Waals surface area contributed by atoms with Crippen LogP contribution in [0.25, 0.3) is 22.2 Å². The minimum Gasteiger partial charge on any atom is -0.360 e. The van der Waals surface area contributed by atoms with Gasteiger partial charge in [0.2, 0.25) is 11.9 Å². The maximum atomic E-state index is 13.6. The van der Waals surface area contributed by atoms with Gasteiger partial charge in [0.1, 0.15) is 5.56 Å². The van der Waals surface area contributed by atoms with Crippen LogP contribution >= 0.6 is 0 Å². The number of nitrogens with one attached hydrogen (secondary N) is 4. The van der Waals surface area contributed by atoms with Crippen molar-refractivity contribution in [2.24, 2.45) is 5.92 Å². The van der Waals surface area contributed by atoms with Crippen LogP contribution in [-0.4, -0.2) is 47.0 Å². The Kier molecular flexibility index (Phi) is 5.33. The number of carbonyl (C=O) groups is 1. The van der Waals surface area contributed by atoms with Crippen molar-refractivity contribution < 1.29 is 18.0 Å². The zero-order valence-corrected chi connectivity index (χ0v) is 16.2. The van der Waals surface area contributed by atoms with Crippen LogP contribution < -0.4 is 16.0 Å². The largest absolute Gasteiger partial charge is 0.419 e. The highest BCUT2D eigenvalue weighted by molar-refractivity contribution is 5.95. The summed E-state index contributed by atoms with van der Waals surface area (Å²) in [5.41, 5.74) is -0.0149. The quantitative estimate of drug-likeness (QED) is 0.523. The maximum absolute atomic E-state index is 13.6. The summed E-state index contributed by atoms with van der Waals surface area (Å²) in [6.45, 7) is 1.10. The van der Waals surface area contributed by atoms with Crippen molar-refractivity contribution in [1.82, 2.24) is 25.6 Å². The highest BCUT2D eigenvalue weighted by Gasteiger charge is 2.36. The first-order valence-electron chi connectivity index (χ1n) is 9.56. The summed E-state index contributed by atoms with van der Waals surface area (Å²) in [6, 6.07) is 6.92. The van der Waals surface area contributed by atoms with Crippen LogP contribution in [0.1, 0.15) is 12.0 Å². The van der Waals surface area contributed by atoms with Crippen LogP contribution in [0, 0.1) is 5.92 Å². The smallest absolute Gasteiger partial charge is 0.360 e. The summed E-state index contributed by atoms with van der Waals surface area (Å²) in [4.78, 5) is 23.0. The molecular formula is C20H21F3N6O. The molecule has 0 radical (unpaired) electrons. The number of hydrogen-bond donors (Lipinski definition) is 4. The molecule has 0 aliphatic carbocycles. The molecule has 2 atom stereocenters. The molecule has 7 nitrogen and oxygen atoms in total. The van der Waals surface area contributed by atoms with Crippen LogP contribution in [0.5, 0.6) is 0 Å². The minimum absolute atomic E-state index is 0.0816. The second kappa shape index (κ2) is 7.94. The first-order valence-corrected chi connectivity index (χ1v) is 9.56. The van der Waals surface area contributed by atoms with Gasteiger partial charge >= 0.3 is 6.18 Å². The van der Waals surface area contributed by atoms with Gasteiger partial charge in [0.05, 0.1) is 11.6 Å². The fourth-order valence-corrected chi connectivity index (χ4v) is 3.77. The molecule has 3 heterocycles. The summed E-state index contributed by atoms with van der Waals surface area (Å²) < 4.78 is 40.9. The van der Waals surface area contributed by atoms with E-state index in [-0.39, 0.29) is 29.5 Å². The number of alkyl halides is 3. The molecule has 1 aromatic carbocycles. The number of anilines is 1. The average molecular weight is 418 g/mol. The Morgan fingerprint density at radius 2 is 2.03 bits per heavy atom. The van der Waals surface area contributed by atoms with Crippen molar-refractivity contribution in [3.8, 4) is 11.3 Å². The zero-order chi connectivity index (χ0) is 21.3. The van der Waals surface area contributed by atoms with E-state index in [0.29, 0.717) is 30.5 Å². The second-order valence-corrected chi connectivity index (χ2v) is 7.25. The average Bonchev–Trinajstić information content (AvgIpc) is 3.16. The minimum atomic E-state index is -4.59. The molecule has 1 amide bonds. The Morgan fingerprint density at radius 3 is 2.80 bits per heavy atom. The molecule has 158 valence electrons. The van der Waals surface area contributed by atoms with Gasteiger partial charge in [-0.2, -0.15) is 13.2 Å². The summed E-state index contributed by atoms with van der Waals surface area (Å²) in [6.07, 6.45) is -1.74. The third kappa shape index (κ3) is 3.95. The lowest BCUT2D eigenvalue weighted by Gasteiger charge is -2.29. The number of rotatable bonds is 4. The molecule has 1 fully saturated rings. The monoisotopic (exact) mass is 418 g/mol. The van der Waals surface area contributed by atoms with E-state index in [2.05, 4.69) is 30.9 Å². The van der Waals surface area contributed by atoms with Gasteiger partial charge in [-0.15, -0.1) is 0 Å². The lowest BCUT2D eigenvalue weighted by atomic mass is 9.95. The molecule has 4 N–H and O–H groups in total. The molecule has 0 saturated carbocycles.